The molecular formula is C55H39BN2S2. The lowest BCUT2D eigenvalue weighted by Crippen LogP contribution is -2.60. The van der Waals surface area contributed by atoms with Gasteiger partial charge in [0.05, 0.1) is 11.0 Å². The molecule has 5 heterocycles. The Labute approximate surface area is 357 Å². The van der Waals surface area contributed by atoms with Crippen molar-refractivity contribution in [2.75, 3.05) is 4.81 Å². The van der Waals surface area contributed by atoms with Gasteiger partial charge in [-0.05, 0) is 110 Å². The molecule has 0 spiro atoms. The SMILES string of the molecule is CC(C)(C)c1ccc(N2B3c4cc5sc6ccccc6c5cc4-n4c5cc6c(cc5c5ccc(c3c54)-c3cc4c(cc32)sc2ccccc24)C(C)(C)c2ccccc2-6)cc1. The van der Waals surface area contributed by atoms with Crippen LogP contribution >= 0.6 is 22.7 Å². The summed E-state index contributed by atoms with van der Waals surface area (Å²) in [7, 11) is 0. The van der Waals surface area contributed by atoms with Crippen LogP contribution in [0.5, 0.6) is 0 Å². The minimum absolute atomic E-state index is 0.0334. The highest BCUT2D eigenvalue weighted by molar-refractivity contribution is 7.26. The van der Waals surface area contributed by atoms with E-state index in [1.807, 2.05) is 22.7 Å². The molecule has 0 radical (unpaired) electrons. The van der Waals surface area contributed by atoms with E-state index in [1.165, 1.54) is 129 Å². The topological polar surface area (TPSA) is 8.17 Å². The largest absolute Gasteiger partial charge is 0.376 e. The van der Waals surface area contributed by atoms with Crippen molar-refractivity contribution >= 4 is 114 Å². The van der Waals surface area contributed by atoms with E-state index in [-0.39, 0.29) is 17.7 Å². The van der Waals surface area contributed by atoms with Crippen LogP contribution in [0.15, 0.2) is 146 Å². The van der Waals surface area contributed by atoms with Gasteiger partial charge in [0.25, 0.3) is 0 Å². The van der Waals surface area contributed by atoms with Crippen LogP contribution in [-0.2, 0) is 10.8 Å². The monoisotopic (exact) mass is 802 g/mol. The van der Waals surface area contributed by atoms with Gasteiger partial charge >= 0.3 is 6.85 Å². The summed E-state index contributed by atoms with van der Waals surface area (Å²) in [5.74, 6) is 0. The molecule has 284 valence electrons. The predicted molar refractivity (Wildman–Crippen MR) is 262 cm³/mol. The first-order valence-electron chi connectivity index (χ1n) is 21.2. The highest BCUT2D eigenvalue weighted by atomic mass is 32.1. The van der Waals surface area contributed by atoms with Crippen molar-refractivity contribution in [3.8, 4) is 27.9 Å². The third-order valence-electron chi connectivity index (χ3n) is 14.3. The van der Waals surface area contributed by atoms with E-state index in [2.05, 4.69) is 190 Å². The van der Waals surface area contributed by atoms with Gasteiger partial charge in [-0.15, -0.1) is 22.7 Å². The van der Waals surface area contributed by atoms with Gasteiger partial charge < -0.3 is 9.38 Å². The minimum Gasteiger partial charge on any atom is -0.376 e. The molecule has 1 aliphatic carbocycles. The van der Waals surface area contributed by atoms with E-state index in [4.69, 9.17) is 0 Å². The van der Waals surface area contributed by atoms with Gasteiger partial charge in [0.15, 0.2) is 0 Å². The Bertz CT molecular complexity index is 3740. The van der Waals surface area contributed by atoms with Crippen LogP contribution in [0.2, 0.25) is 0 Å². The maximum absolute atomic E-state index is 2.70. The number of aromatic nitrogens is 1. The van der Waals surface area contributed by atoms with Crippen LogP contribution in [-0.4, -0.2) is 11.4 Å². The summed E-state index contributed by atoms with van der Waals surface area (Å²) >= 11 is 3.83. The predicted octanol–water partition coefficient (Wildman–Crippen LogP) is 14.4. The fraction of sp³-hybridized carbons (Fsp3) is 0.127. The molecule has 3 aromatic heterocycles. The van der Waals surface area contributed by atoms with Crippen LogP contribution in [0.4, 0.5) is 11.4 Å². The molecule has 3 aliphatic rings. The molecule has 0 saturated carbocycles. The van der Waals surface area contributed by atoms with Crippen LogP contribution < -0.4 is 15.7 Å². The number of thiophene rings is 2. The van der Waals surface area contributed by atoms with Crippen molar-refractivity contribution in [3.63, 3.8) is 0 Å². The summed E-state index contributed by atoms with van der Waals surface area (Å²) in [6.07, 6.45) is 0. The number of anilines is 2. The molecule has 11 aromatic rings. The second-order valence-corrected chi connectivity index (χ2v) is 21.1. The maximum Gasteiger partial charge on any atom is 0.333 e. The van der Waals surface area contributed by atoms with E-state index in [0.29, 0.717) is 0 Å². The minimum atomic E-state index is -0.0885. The molecule has 2 aliphatic heterocycles. The number of hydrogen-bond acceptors (Lipinski definition) is 3. The van der Waals surface area contributed by atoms with Crippen LogP contribution in [0, 0.1) is 0 Å². The third kappa shape index (κ3) is 4.15. The lowest BCUT2D eigenvalue weighted by Gasteiger charge is -2.42. The fourth-order valence-electron chi connectivity index (χ4n) is 11.4. The normalized spacial score (nSPS) is 14.8. The van der Waals surface area contributed by atoms with Crippen LogP contribution in [0.1, 0.15) is 51.3 Å². The third-order valence-corrected chi connectivity index (χ3v) is 16.6. The summed E-state index contributed by atoms with van der Waals surface area (Å²) in [6.45, 7) is 11.7. The molecule has 8 aromatic carbocycles. The van der Waals surface area contributed by atoms with Gasteiger partial charge in [-0.1, -0.05) is 120 Å². The quantitative estimate of drug-likeness (QED) is 0.150. The second-order valence-electron chi connectivity index (χ2n) is 18.9. The van der Waals surface area contributed by atoms with E-state index in [1.54, 1.807) is 0 Å². The molecule has 2 nitrogen and oxygen atoms in total. The van der Waals surface area contributed by atoms with Gasteiger partial charge in [0.1, 0.15) is 0 Å². The molecule has 0 unspecified atom stereocenters. The molecule has 60 heavy (non-hydrogen) atoms. The van der Waals surface area contributed by atoms with E-state index in [9.17, 15) is 0 Å². The molecule has 14 rings (SSSR count). The zero-order valence-corrected chi connectivity index (χ0v) is 35.8. The summed E-state index contributed by atoms with van der Waals surface area (Å²) in [5.41, 5.74) is 18.7. The first kappa shape index (κ1) is 33.7. The van der Waals surface area contributed by atoms with Gasteiger partial charge in [-0.25, -0.2) is 0 Å². The number of benzene rings is 8. The van der Waals surface area contributed by atoms with Crippen LogP contribution in [0.25, 0.3) is 90.1 Å². The number of hydrogen-bond donors (Lipinski definition) is 0. The highest BCUT2D eigenvalue weighted by Gasteiger charge is 2.45. The van der Waals surface area contributed by atoms with Crippen molar-refractivity contribution in [2.24, 2.45) is 0 Å². The van der Waals surface area contributed by atoms with Crippen molar-refractivity contribution in [1.82, 2.24) is 4.57 Å². The Kier molecular flexibility index (Phi) is 6.26. The van der Waals surface area contributed by atoms with Crippen molar-refractivity contribution in [1.29, 1.82) is 0 Å². The van der Waals surface area contributed by atoms with E-state index < -0.39 is 0 Å². The Morgan fingerprint density at radius 1 is 0.500 bits per heavy atom. The zero-order chi connectivity index (χ0) is 40.0. The number of rotatable bonds is 1. The summed E-state index contributed by atoms with van der Waals surface area (Å²) < 4.78 is 8.01. The first-order valence-corrected chi connectivity index (χ1v) is 22.8. The lowest BCUT2D eigenvalue weighted by molar-refractivity contribution is 0.590. The second kappa shape index (κ2) is 11.2. The lowest BCUT2D eigenvalue weighted by atomic mass is 9.44. The Morgan fingerprint density at radius 2 is 1.18 bits per heavy atom. The van der Waals surface area contributed by atoms with E-state index in [0.717, 1.165) is 0 Å². The average Bonchev–Trinajstić information content (AvgIpc) is 3.97. The van der Waals surface area contributed by atoms with Crippen molar-refractivity contribution < 1.29 is 0 Å². The molecule has 5 heteroatoms. The standard InChI is InChI=1S/C55H39BN2S2/c1-54(2,3)30-18-20-31(21-19-30)58-46-29-51-40(33-13-7-10-16-48(33)60-51)24-38(46)35-22-23-36-39-25-43-37(32-12-6-9-15-42(32)55(43,4)5)26-45(39)57-47-27-41-34-14-8-11-17-49(34)59-50(41)28-44(47)56(58)52(35)53(36)57/h6-29H,1-5H3. The summed E-state index contributed by atoms with van der Waals surface area (Å²) in [4.78, 5) is 2.70. The smallest absolute Gasteiger partial charge is 0.333 e. The molecule has 0 saturated heterocycles. The fourth-order valence-corrected chi connectivity index (χ4v) is 13.7. The molecule has 0 atom stereocenters. The van der Waals surface area contributed by atoms with Gasteiger partial charge in [-0.2, -0.15) is 0 Å². The van der Waals surface area contributed by atoms with Crippen LogP contribution in [0.3, 0.4) is 0 Å². The van der Waals surface area contributed by atoms with Gasteiger partial charge in [0, 0.05) is 79.2 Å². The number of nitrogens with zero attached hydrogens (tertiary/aromatic N) is 2. The van der Waals surface area contributed by atoms with Gasteiger partial charge in [-0.3, -0.25) is 0 Å². The number of fused-ring (bicyclic) bond motifs is 17. The average molecular weight is 803 g/mol. The first-order chi connectivity index (χ1) is 29.1. The molecule has 0 fully saturated rings. The summed E-state index contributed by atoms with van der Waals surface area (Å²) in [5, 5.41) is 8.01. The van der Waals surface area contributed by atoms with Crippen molar-refractivity contribution in [2.45, 2.75) is 45.4 Å². The molecule has 0 amide bonds. The highest BCUT2D eigenvalue weighted by Crippen LogP contribution is 2.53. The Hall–Kier alpha value is -6.14. The maximum atomic E-state index is 2.70. The molecule has 0 bridgehead atoms. The van der Waals surface area contributed by atoms with E-state index >= 15 is 0 Å². The summed E-state index contributed by atoms with van der Waals surface area (Å²) in [6, 6.07) is 56.6. The zero-order valence-electron chi connectivity index (χ0n) is 34.1. The van der Waals surface area contributed by atoms with Gasteiger partial charge in [0.2, 0.25) is 0 Å². The molecular weight excluding hydrogens is 764 g/mol. The Balaban J connectivity index is 1.16. The molecule has 0 N–H and O–H groups in total. The van der Waals surface area contributed by atoms with Crippen molar-refractivity contribution in [3.05, 3.63) is 162 Å². The Morgan fingerprint density at radius 3 is 1.93 bits per heavy atom.